The van der Waals surface area contributed by atoms with E-state index in [9.17, 15) is 13.2 Å². The van der Waals surface area contributed by atoms with Crippen LogP contribution in [0.5, 0.6) is 0 Å². The van der Waals surface area contributed by atoms with E-state index in [0.717, 1.165) is 19.6 Å². The molecule has 2 fully saturated rings. The van der Waals surface area contributed by atoms with Crippen molar-refractivity contribution in [2.45, 2.75) is 44.4 Å². The minimum absolute atomic E-state index is 0.386. The topological polar surface area (TPSA) is 15.3 Å². The second-order valence-electron chi connectivity index (χ2n) is 5.06. The summed E-state index contributed by atoms with van der Waals surface area (Å²) < 4.78 is 36.9. The minimum atomic E-state index is -4.04. The molecule has 1 saturated heterocycles. The van der Waals surface area contributed by atoms with Crippen LogP contribution in [0.4, 0.5) is 13.2 Å². The van der Waals surface area contributed by atoms with Crippen molar-refractivity contribution in [1.29, 1.82) is 0 Å². The predicted molar refractivity (Wildman–Crippen MR) is 56.2 cm³/mol. The standard InChI is InChI=1S/C11H19F3N2/c1-8(6-11(12,13)14)16-5-4-15-10(7-16)9-2-3-9/h8-10,15H,2-7H2,1H3. The van der Waals surface area contributed by atoms with Crippen LogP contribution in [0.2, 0.25) is 0 Å². The molecule has 0 aromatic carbocycles. The number of hydrogen-bond acceptors (Lipinski definition) is 2. The van der Waals surface area contributed by atoms with Crippen LogP contribution >= 0.6 is 0 Å². The molecule has 0 spiro atoms. The van der Waals surface area contributed by atoms with E-state index in [2.05, 4.69) is 5.32 Å². The molecule has 0 amide bonds. The van der Waals surface area contributed by atoms with Gasteiger partial charge in [-0.25, -0.2) is 0 Å². The zero-order valence-corrected chi connectivity index (χ0v) is 9.56. The van der Waals surface area contributed by atoms with Gasteiger partial charge in [0.05, 0.1) is 6.42 Å². The van der Waals surface area contributed by atoms with Crippen LogP contribution < -0.4 is 5.32 Å². The molecule has 2 rings (SSSR count). The molecule has 0 aromatic heterocycles. The summed E-state index contributed by atoms with van der Waals surface area (Å²) in [4.78, 5) is 1.98. The van der Waals surface area contributed by atoms with Crippen molar-refractivity contribution in [3.8, 4) is 0 Å². The zero-order valence-electron chi connectivity index (χ0n) is 9.56. The molecule has 94 valence electrons. The van der Waals surface area contributed by atoms with Gasteiger partial charge in [0.15, 0.2) is 0 Å². The fraction of sp³-hybridized carbons (Fsp3) is 1.00. The molecule has 0 aromatic rings. The maximum Gasteiger partial charge on any atom is 0.390 e. The molecule has 5 heteroatoms. The number of rotatable bonds is 3. The normalized spacial score (nSPS) is 30.4. The van der Waals surface area contributed by atoms with Crippen molar-refractivity contribution in [2.75, 3.05) is 19.6 Å². The van der Waals surface area contributed by atoms with Crippen LogP contribution in [0.15, 0.2) is 0 Å². The first-order chi connectivity index (χ1) is 7.46. The van der Waals surface area contributed by atoms with Gasteiger partial charge in [-0.15, -0.1) is 0 Å². The lowest BCUT2D eigenvalue weighted by molar-refractivity contribution is -0.147. The molecule has 1 N–H and O–H groups in total. The third-order valence-electron chi connectivity index (χ3n) is 3.58. The van der Waals surface area contributed by atoms with Crippen molar-refractivity contribution in [3.63, 3.8) is 0 Å². The minimum Gasteiger partial charge on any atom is -0.311 e. The van der Waals surface area contributed by atoms with Gasteiger partial charge in [0.2, 0.25) is 0 Å². The van der Waals surface area contributed by atoms with Crippen LogP contribution in [-0.2, 0) is 0 Å². The van der Waals surface area contributed by atoms with Gasteiger partial charge in [0.1, 0.15) is 0 Å². The van der Waals surface area contributed by atoms with Crippen molar-refractivity contribution >= 4 is 0 Å². The first-order valence-corrected chi connectivity index (χ1v) is 6.00. The van der Waals surface area contributed by atoms with E-state index in [1.165, 1.54) is 12.8 Å². The summed E-state index contributed by atoms with van der Waals surface area (Å²) in [6, 6.07) is 0.0350. The SMILES string of the molecule is CC(CC(F)(F)F)N1CCNC(C2CC2)C1. The highest BCUT2D eigenvalue weighted by atomic mass is 19.4. The fourth-order valence-electron chi connectivity index (χ4n) is 2.48. The number of hydrogen-bond donors (Lipinski definition) is 1. The molecule has 1 saturated carbocycles. The van der Waals surface area contributed by atoms with Crippen LogP contribution in [0, 0.1) is 5.92 Å². The Labute approximate surface area is 94.2 Å². The third kappa shape index (κ3) is 3.35. The molecule has 0 radical (unpaired) electrons. The molecule has 16 heavy (non-hydrogen) atoms. The quantitative estimate of drug-likeness (QED) is 0.806. The van der Waals surface area contributed by atoms with Crippen LogP contribution in [0.25, 0.3) is 0 Å². The molecular formula is C11H19F3N2. The monoisotopic (exact) mass is 236 g/mol. The molecule has 1 aliphatic heterocycles. The van der Waals surface area contributed by atoms with E-state index in [1.807, 2.05) is 4.90 Å². The molecule has 2 unspecified atom stereocenters. The fourth-order valence-corrected chi connectivity index (χ4v) is 2.48. The molecule has 2 atom stereocenters. The van der Waals surface area contributed by atoms with Gasteiger partial charge in [0.25, 0.3) is 0 Å². The maximum absolute atomic E-state index is 12.3. The Kier molecular flexibility index (Phi) is 3.45. The number of piperazine rings is 1. The number of alkyl halides is 3. The molecule has 0 bridgehead atoms. The Hall–Kier alpha value is -0.290. The number of nitrogens with zero attached hydrogens (tertiary/aromatic N) is 1. The molecule has 2 aliphatic rings. The highest BCUT2D eigenvalue weighted by Gasteiger charge is 2.37. The lowest BCUT2D eigenvalue weighted by Crippen LogP contribution is -2.54. The van der Waals surface area contributed by atoms with E-state index in [4.69, 9.17) is 0 Å². The van der Waals surface area contributed by atoms with Gasteiger partial charge in [-0.05, 0) is 25.7 Å². The average Bonchev–Trinajstić information content (AvgIpc) is 2.98. The summed E-state index contributed by atoms with van der Waals surface area (Å²) in [5.74, 6) is 0.709. The highest BCUT2D eigenvalue weighted by Crippen LogP contribution is 2.34. The summed E-state index contributed by atoms with van der Waals surface area (Å²) in [5.41, 5.74) is 0. The molecule has 1 heterocycles. The lowest BCUT2D eigenvalue weighted by atomic mass is 10.1. The van der Waals surface area contributed by atoms with Crippen molar-refractivity contribution in [3.05, 3.63) is 0 Å². The Balaban J connectivity index is 1.83. The van der Waals surface area contributed by atoms with Gasteiger partial charge >= 0.3 is 6.18 Å². The predicted octanol–water partition coefficient (Wildman–Crippen LogP) is 2.01. The zero-order chi connectivity index (χ0) is 11.8. The van der Waals surface area contributed by atoms with E-state index >= 15 is 0 Å². The van der Waals surface area contributed by atoms with Crippen molar-refractivity contribution < 1.29 is 13.2 Å². The van der Waals surface area contributed by atoms with Gasteiger partial charge < -0.3 is 5.32 Å². The Morgan fingerprint density at radius 2 is 2.06 bits per heavy atom. The smallest absolute Gasteiger partial charge is 0.311 e. The van der Waals surface area contributed by atoms with Crippen LogP contribution in [0.3, 0.4) is 0 Å². The second-order valence-corrected chi connectivity index (χ2v) is 5.06. The largest absolute Gasteiger partial charge is 0.390 e. The van der Waals surface area contributed by atoms with Gasteiger partial charge in [-0.3, -0.25) is 4.90 Å². The van der Waals surface area contributed by atoms with Crippen molar-refractivity contribution in [2.24, 2.45) is 5.92 Å². The molecule has 1 aliphatic carbocycles. The summed E-state index contributed by atoms with van der Waals surface area (Å²) in [6.45, 7) is 4.02. The summed E-state index contributed by atoms with van der Waals surface area (Å²) in [6.07, 6.45) is -2.26. The second kappa shape index (κ2) is 4.53. The van der Waals surface area contributed by atoms with Crippen molar-refractivity contribution in [1.82, 2.24) is 10.2 Å². The summed E-state index contributed by atoms with van der Waals surface area (Å²) in [7, 11) is 0. The van der Waals surface area contributed by atoms with Gasteiger partial charge in [-0.1, -0.05) is 0 Å². The summed E-state index contributed by atoms with van der Waals surface area (Å²) >= 11 is 0. The lowest BCUT2D eigenvalue weighted by Gasteiger charge is -2.38. The molecular weight excluding hydrogens is 217 g/mol. The van der Waals surface area contributed by atoms with Gasteiger partial charge in [0, 0.05) is 31.7 Å². The number of halogens is 3. The first kappa shape index (κ1) is 12.2. The highest BCUT2D eigenvalue weighted by molar-refractivity contribution is 4.92. The summed E-state index contributed by atoms with van der Waals surface area (Å²) in [5, 5.41) is 3.41. The van der Waals surface area contributed by atoms with Gasteiger partial charge in [-0.2, -0.15) is 13.2 Å². The van der Waals surface area contributed by atoms with E-state index in [1.54, 1.807) is 6.92 Å². The van der Waals surface area contributed by atoms with E-state index in [0.29, 0.717) is 12.0 Å². The Morgan fingerprint density at radius 3 is 2.62 bits per heavy atom. The Morgan fingerprint density at radius 1 is 1.38 bits per heavy atom. The first-order valence-electron chi connectivity index (χ1n) is 6.00. The van der Waals surface area contributed by atoms with Crippen LogP contribution in [0.1, 0.15) is 26.2 Å². The maximum atomic E-state index is 12.3. The average molecular weight is 236 g/mol. The van der Waals surface area contributed by atoms with Crippen LogP contribution in [-0.4, -0.2) is 42.8 Å². The van der Waals surface area contributed by atoms with E-state index in [-0.39, 0.29) is 6.04 Å². The van der Waals surface area contributed by atoms with E-state index < -0.39 is 12.6 Å². The third-order valence-corrected chi connectivity index (χ3v) is 3.58. The number of nitrogens with one attached hydrogen (secondary N) is 1. The molecule has 2 nitrogen and oxygen atoms in total. The Bertz CT molecular complexity index is 238.